The third-order valence-corrected chi connectivity index (χ3v) is 2.86. The molecule has 0 bridgehead atoms. The van der Waals surface area contributed by atoms with Gasteiger partial charge in [0.1, 0.15) is 5.82 Å². The Balaban J connectivity index is 2.83. The number of nitrogens with two attached hydrogens (primary N) is 1. The highest BCUT2D eigenvalue weighted by Crippen LogP contribution is 2.16. The molecule has 5 nitrogen and oxygen atoms in total. The summed E-state index contributed by atoms with van der Waals surface area (Å²) < 4.78 is 13.4. The van der Waals surface area contributed by atoms with E-state index in [0.717, 1.165) is 12.5 Å². The van der Waals surface area contributed by atoms with Gasteiger partial charge in [-0.3, -0.25) is 4.79 Å². The Bertz CT molecular complexity index is 489. The highest BCUT2D eigenvalue weighted by atomic mass is 19.1. The molecule has 1 amide bonds. The van der Waals surface area contributed by atoms with Gasteiger partial charge in [0.15, 0.2) is 5.84 Å². The number of amidine groups is 1. The van der Waals surface area contributed by atoms with Gasteiger partial charge in [0.2, 0.25) is 5.91 Å². The number of nitrogens with one attached hydrogen (secondary N) is 1. The lowest BCUT2D eigenvalue weighted by molar-refractivity contribution is -0.117. The summed E-state index contributed by atoms with van der Waals surface area (Å²) in [4.78, 5) is 11.7. The van der Waals surface area contributed by atoms with Crippen LogP contribution >= 0.6 is 0 Å². The summed E-state index contributed by atoms with van der Waals surface area (Å²) in [5.74, 6) is -0.818. The molecule has 0 heterocycles. The molecular formula is C13H18FN3O2. The van der Waals surface area contributed by atoms with Crippen LogP contribution in [-0.4, -0.2) is 17.0 Å². The molecule has 1 atom stereocenters. The van der Waals surface area contributed by atoms with Crippen LogP contribution in [0.2, 0.25) is 0 Å². The summed E-state index contributed by atoms with van der Waals surface area (Å²) >= 11 is 0. The van der Waals surface area contributed by atoms with Gasteiger partial charge >= 0.3 is 0 Å². The van der Waals surface area contributed by atoms with Crippen molar-refractivity contribution in [2.24, 2.45) is 16.8 Å². The number of rotatable bonds is 5. The molecule has 0 aliphatic carbocycles. The Kier molecular flexibility index (Phi) is 5.29. The molecule has 1 rings (SSSR count). The van der Waals surface area contributed by atoms with E-state index in [9.17, 15) is 9.18 Å². The van der Waals surface area contributed by atoms with Gasteiger partial charge in [-0.25, -0.2) is 4.39 Å². The van der Waals surface area contributed by atoms with E-state index >= 15 is 0 Å². The normalized spacial score (nSPS) is 13.1. The minimum Gasteiger partial charge on any atom is -0.409 e. The van der Waals surface area contributed by atoms with E-state index in [1.54, 1.807) is 0 Å². The number of anilines is 1. The molecule has 0 radical (unpaired) electrons. The quantitative estimate of drug-likeness (QED) is 0.331. The standard InChI is InChI=1S/C13H18FN3O2/c1-3-8(2)6-12(18)16-9-4-5-11(14)10(7-9)13(15)17-19/h4-5,7-8,19H,3,6H2,1-2H3,(H2,15,17)(H,16,18). The SMILES string of the molecule is CCC(C)CC(=O)Nc1ccc(F)c(/C(N)=N/O)c1. The molecule has 4 N–H and O–H groups in total. The van der Waals surface area contributed by atoms with Gasteiger partial charge < -0.3 is 16.3 Å². The fraction of sp³-hybridized carbons (Fsp3) is 0.385. The van der Waals surface area contributed by atoms with Crippen LogP contribution in [-0.2, 0) is 4.79 Å². The van der Waals surface area contributed by atoms with E-state index in [2.05, 4.69) is 10.5 Å². The zero-order chi connectivity index (χ0) is 14.4. The monoisotopic (exact) mass is 267 g/mol. The summed E-state index contributed by atoms with van der Waals surface area (Å²) in [6.45, 7) is 3.98. The minimum atomic E-state index is -0.616. The molecule has 0 aliphatic rings. The maximum absolute atomic E-state index is 13.4. The molecule has 1 unspecified atom stereocenters. The third kappa shape index (κ3) is 4.24. The molecule has 0 saturated carbocycles. The minimum absolute atomic E-state index is 0.0520. The van der Waals surface area contributed by atoms with Crippen molar-refractivity contribution in [3.8, 4) is 0 Å². The first-order valence-corrected chi connectivity index (χ1v) is 6.05. The van der Waals surface area contributed by atoms with Crippen molar-refractivity contribution in [1.29, 1.82) is 0 Å². The lowest BCUT2D eigenvalue weighted by Gasteiger charge is -2.10. The Morgan fingerprint density at radius 3 is 2.84 bits per heavy atom. The van der Waals surface area contributed by atoms with Crippen LogP contribution in [0.4, 0.5) is 10.1 Å². The third-order valence-electron chi connectivity index (χ3n) is 2.86. The number of oxime groups is 1. The number of amides is 1. The first kappa shape index (κ1) is 14.9. The van der Waals surface area contributed by atoms with Crippen molar-refractivity contribution in [2.75, 3.05) is 5.32 Å². The van der Waals surface area contributed by atoms with Crippen molar-refractivity contribution in [3.05, 3.63) is 29.6 Å². The molecule has 0 aromatic heterocycles. The van der Waals surface area contributed by atoms with Crippen LogP contribution < -0.4 is 11.1 Å². The fourth-order valence-electron chi connectivity index (χ4n) is 1.53. The van der Waals surface area contributed by atoms with Crippen molar-refractivity contribution in [1.82, 2.24) is 0 Å². The van der Waals surface area contributed by atoms with Crippen molar-refractivity contribution < 1.29 is 14.4 Å². The zero-order valence-corrected chi connectivity index (χ0v) is 11.0. The molecule has 104 valence electrons. The first-order valence-electron chi connectivity index (χ1n) is 6.05. The number of nitrogens with zero attached hydrogens (tertiary/aromatic N) is 1. The van der Waals surface area contributed by atoms with Gasteiger partial charge in [-0.15, -0.1) is 0 Å². The molecule has 6 heteroatoms. The molecule has 0 spiro atoms. The van der Waals surface area contributed by atoms with E-state index in [0.29, 0.717) is 12.1 Å². The summed E-state index contributed by atoms with van der Waals surface area (Å²) in [5.41, 5.74) is 5.71. The van der Waals surface area contributed by atoms with Crippen LogP contribution in [0.1, 0.15) is 32.3 Å². The topological polar surface area (TPSA) is 87.7 Å². The molecule has 1 aromatic rings. The highest BCUT2D eigenvalue weighted by molar-refractivity contribution is 5.99. The second-order valence-electron chi connectivity index (χ2n) is 4.45. The van der Waals surface area contributed by atoms with Crippen LogP contribution in [0.3, 0.4) is 0 Å². The predicted octanol–water partition coefficient (Wildman–Crippen LogP) is 2.29. The Labute approximate surface area is 111 Å². The maximum Gasteiger partial charge on any atom is 0.224 e. The molecule has 0 aliphatic heterocycles. The Morgan fingerprint density at radius 1 is 1.58 bits per heavy atom. The van der Waals surface area contributed by atoms with E-state index in [1.165, 1.54) is 12.1 Å². The second kappa shape index (κ2) is 6.72. The van der Waals surface area contributed by atoms with Crippen LogP contribution in [0.25, 0.3) is 0 Å². The van der Waals surface area contributed by atoms with Gasteiger partial charge in [-0.1, -0.05) is 25.4 Å². The van der Waals surface area contributed by atoms with Crippen LogP contribution in [0.15, 0.2) is 23.4 Å². The molecule has 1 aromatic carbocycles. The van der Waals surface area contributed by atoms with Gasteiger partial charge in [-0.05, 0) is 24.1 Å². The van der Waals surface area contributed by atoms with E-state index < -0.39 is 5.82 Å². The lowest BCUT2D eigenvalue weighted by atomic mass is 10.0. The fourth-order valence-corrected chi connectivity index (χ4v) is 1.53. The largest absolute Gasteiger partial charge is 0.409 e. The zero-order valence-electron chi connectivity index (χ0n) is 11.0. The van der Waals surface area contributed by atoms with Gasteiger partial charge in [0, 0.05) is 12.1 Å². The number of carbonyl (C=O) groups excluding carboxylic acids is 1. The smallest absolute Gasteiger partial charge is 0.224 e. The summed E-state index contributed by atoms with van der Waals surface area (Å²) in [6.07, 6.45) is 1.30. The van der Waals surface area contributed by atoms with Gasteiger partial charge in [0.25, 0.3) is 0 Å². The molecule has 0 fully saturated rings. The van der Waals surface area contributed by atoms with Gasteiger partial charge in [-0.2, -0.15) is 0 Å². The average molecular weight is 267 g/mol. The van der Waals surface area contributed by atoms with Crippen LogP contribution in [0, 0.1) is 11.7 Å². The highest BCUT2D eigenvalue weighted by Gasteiger charge is 2.11. The number of benzene rings is 1. The van der Waals surface area contributed by atoms with E-state index in [-0.39, 0.29) is 23.2 Å². The number of halogens is 1. The summed E-state index contributed by atoms with van der Waals surface area (Å²) in [6, 6.07) is 3.92. The average Bonchev–Trinajstić information content (AvgIpc) is 2.39. The van der Waals surface area contributed by atoms with Crippen LogP contribution in [0.5, 0.6) is 0 Å². The molecule has 19 heavy (non-hydrogen) atoms. The van der Waals surface area contributed by atoms with Gasteiger partial charge in [0.05, 0.1) is 5.56 Å². The Hall–Kier alpha value is -2.11. The number of carbonyl (C=O) groups is 1. The lowest BCUT2D eigenvalue weighted by Crippen LogP contribution is -2.18. The van der Waals surface area contributed by atoms with Crippen molar-refractivity contribution in [3.63, 3.8) is 0 Å². The Morgan fingerprint density at radius 2 is 2.26 bits per heavy atom. The van der Waals surface area contributed by atoms with E-state index in [4.69, 9.17) is 10.9 Å². The first-order chi connectivity index (χ1) is 8.97. The van der Waals surface area contributed by atoms with Crippen molar-refractivity contribution in [2.45, 2.75) is 26.7 Å². The van der Waals surface area contributed by atoms with Crippen molar-refractivity contribution >= 4 is 17.4 Å². The summed E-state index contributed by atoms with van der Waals surface area (Å²) in [7, 11) is 0. The second-order valence-corrected chi connectivity index (χ2v) is 4.45. The number of hydrogen-bond donors (Lipinski definition) is 3. The maximum atomic E-state index is 13.4. The number of hydrogen-bond acceptors (Lipinski definition) is 3. The summed E-state index contributed by atoms with van der Waals surface area (Å²) in [5, 5.41) is 13.9. The molecule has 0 saturated heterocycles. The van der Waals surface area contributed by atoms with E-state index in [1.807, 2.05) is 13.8 Å². The predicted molar refractivity (Wildman–Crippen MR) is 71.6 cm³/mol. The molecular weight excluding hydrogens is 249 g/mol.